The summed E-state index contributed by atoms with van der Waals surface area (Å²) in [4.78, 5) is 1.29. The van der Waals surface area contributed by atoms with E-state index in [9.17, 15) is 0 Å². The molecule has 0 saturated carbocycles. The molecule has 0 aliphatic heterocycles. The number of hydrogen-bond donors (Lipinski definition) is 0. The fraction of sp³-hybridized carbons (Fsp3) is 0.273. The van der Waals surface area contributed by atoms with Crippen LogP contribution in [0.1, 0.15) is 11.8 Å². The Bertz CT molecular complexity index is 436. The van der Waals surface area contributed by atoms with Crippen molar-refractivity contribution in [2.45, 2.75) is 13.5 Å². The van der Waals surface area contributed by atoms with E-state index in [0.717, 1.165) is 17.7 Å². The summed E-state index contributed by atoms with van der Waals surface area (Å²) in [6.07, 6.45) is 0. The Kier molecular flexibility index (Phi) is 3.21. The van der Waals surface area contributed by atoms with Gasteiger partial charge in [-0.2, -0.15) is 0 Å². The van der Waals surface area contributed by atoms with Gasteiger partial charge in [-0.05, 0) is 25.1 Å². The van der Waals surface area contributed by atoms with Crippen LogP contribution >= 0.6 is 27.3 Å². The smallest absolute Gasteiger partial charge is 0.0809 e. The summed E-state index contributed by atoms with van der Waals surface area (Å²) in [5, 5.41) is 1.28. The van der Waals surface area contributed by atoms with Crippen molar-refractivity contribution < 1.29 is 4.74 Å². The zero-order valence-corrected chi connectivity index (χ0v) is 10.3. The molecule has 3 heteroatoms. The van der Waals surface area contributed by atoms with Crippen LogP contribution in [0.15, 0.2) is 28.7 Å². The lowest BCUT2D eigenvalue weighted by Gasteiger charge is -1.94. The van der Waals surface area contributed by atoms with Crippen LogP contribution < -0.4 is 0 Å². The molecule has 0 unspecified atom stereocenters. The SMILES string of the molecule is CCOCc1cc2c(Br)cccc2s1. The van der Waals surface area contributed by atoms with Gasteiger partial charge in [-0.25, -0.2) is 0 Å². The molecule has 1 aromatic carbocycles. The maximum absolute atomic E-state index is 5.38. The molecule has 1 nitrogen and oxygen atoms in total. The maximum Gasteiger partial charge on any atom is 0.0809 e. The Hall–Kier alpha value is -0.380. The number of thiophene rings is 1. The summed E-state index contributed by atoms with van der Waals surface area (Å²) in [7, 11) is 0. The first kappa shape index (κ1) is 10.1. The van der Waals surface area contributed by atoms with Crippen molar-refractivity contribution in [3.05, 3.63) is 33.6 Å². The highest BCUT2D eigenvalue weighted by Crippen LogP contribution is 2.31. The quantitative estimate of drug-likeness (QED) is 0.812. The van der Waals surface area contributed by atoms with E-state index in [4.69, 9.17) is 4.74 Å². The molecule has 1 aromatic heterocycles. The van der Waals surface area contributed by atoms with Crippen molar-refractivity contribution in [3.63, 3.8) is 0 Å². The Labute approximate surface area is 95.8 Å². The second-order valence-electron chi connectivity index (χ2n) is 3.00. The summed E-state index contributed by atoms with van der Waals surface area (Å²) in [6, 6.07) is 8.47. The van der Waals surface area contributed by atoms with Crippen molar-refractivity contribution in [2.24, 2.45) is 0 Å². The molecule has 2 aromatic rings. The van der Waals surface area contributed by atoms with E-state index < -0.39 is 0 Å². The Morgan fingerprint density at radius 1 is 1.43 bits per heavy atom. The molecule has 0 spiro atoms. The van der Waals surface area contributed by atoms with Crippen LogP contribution in [0, 0.1) is 0 Å². The van der Waals surface area contributed by atoms with Gasteiger partial charge in [0.2, 0.25) is 0 Å². The van der Waals surface area contributed by atoms with Crippen molar-refractivity contribution in [1.29, 1.82) is 0 Å². The third kappa shape index (κ3) is 2.00. The first-order chi connectivity index (χ1) is 6.81. The number of halogens is 1. The molecule has 0 atom stereocenters. The fourth-order valence-corrected chi connectivity index (χ4v) is 2.99. The summed E-state index contributed by atoms with van der Waals surface area (Å²) in [6.45, 7) is 3.51. The first-order valence-electron chi connectivity index (χ1n) is 4.56. The molecule has 14 heavy (non-hydrogen) atoms. The third-order valence-corrected chi connectivity index (χ3v) is 3.77. The molecule has 74 valence electrons. The molecule has 2 rings (SSSR count). The van der Waals surface area contributed by atoms with E-state index in [-0.39, 0.29) is 0 Å². The topological polar surface area (TPSA) is 9.23 Å². The second kappa shape index (κ2) is 4.43. The average Bonchev–Trinajstić information content (AvgIpc) is 2.59. The molecule has 0 fully saturated rings. The van der Waals surface area contributed by atoms with Crippen molar-refractivity contribution in [3.8, 4) is 0 Å². The lowest BCUT2D eigenvalue weighted by molar-refractivity contribution is 0.136. The minimum absolute atomic E-state index is 0.724. The molecule has 0 aliphatic rings. The minimum atomic E-state index is 0.724. The molecular formula is C11H11BrOS. The monoisotopic (exact) mass is 270 g/mol. The molecular weight excluding hydrogens is 260 g/mol. The van der Waals surface area contributed by atoms with Crippen LogP contribution in [0.5, 0.6) is 0 Å². The van der Waals surface area contributed by atoms with Gasteiger partial charge >= 0.3 is 0 Å². The standard InChI is InChI=1S/C11H11BrOS/c1-2-13-7-8-6-9-10(12)4-3-5-11(9)14-8/h3-6H,2,7H2,1H3. The number of ether oxygens (including phenoxy) is 1. The van der Waals surface area contributed by atoms with Crippen LogP contribution in [0.2, 0.25) is 0 Å². The van der Waals surface area contributed by atoms with Gasteiger partial charge in [0, 0.05) is 26.0 Å². The highest BCUT2D eigenvalue weighted by molar-refractivity contribution is 9.10. The largest absolute Gasteiger partial charge is 0.376 e. The molecule has 1 heterocycles. The van der Waals surface area contributed by atoms with Crippen LogP contribution in [0.3, 0.4) is 0 Å². The highest BCUT2D eigenvalue weighted by Gasteiger charge is 2.03. The summed E-state index contributed by atoms with van der Waals surface area (Å²) >= 11 is 5.34. The van der Waals surface area contributed by atoms with E-state index in [1.807, 2.05) is 6.92 Å². The number of rotatable bonds is 3. The fourth-order valence-electron chi connectivity index (χ4n) is 1.35. The highest BCUT2D eigenvalue weighted by atomic mass is 79.9. The Morgan fingerprint density at radius 2 is 2.29 bits per heavy atom. The predicted molar refractivity (Wildman–Crippen MR) is 64.9 cm³/mol. The van der Waals surface area contributed by atoms with Crippen LogP contribution in [-0.2, 0) is 11.3 Å². The third-order valence-electron chi connectivity index (χ3n) is 2.01. The average molecular weight is 271 g/mol. The predicted octanol–water partition coefficient (Wildman–Crippen LogP) is 4.20. The Morgan fingerprint density at radius 3 is 3.00 bits per heavy atom. The van der Waals surface area contributed by atoms with E-state index in [2.05, 4.69) is 40.2 Å². The summed E-state index contributed by atoms with van der Waals surface area (Å²) in [5.41, 5.74) is 0. The lowest BCUT2D eigenvalue weighted by atomic mass is 10.2. The van der Waals surface area contributed by atoms with Crippen molar-refractivity contribution >= 4 is 37.4 Å². The van der Waals surface area contributed by atoms with Gasteiger partial charge in [0.25, 0.3) is 0 Å². The van der Waals surface area contributed by atoms with E-state index in [1.165, 1.54) is 15.0 Å². The molecule has 0 radical (unpaired) electrons. The maximum atomic E-state index is 5.38. The van der Waals surface area contributed by atoms with E-state index in [1.54, 1.807) is 11.3 Å². The van der Waals surface area contributed by atoms with Gasteiger partial charge in [-0.15, -0.1) is 11.3 Å². The summed E-state index contributed by atoms with van der Waals surface area (Å²) < 4.78 is 7.86. The van der Waals surface area contributed by atoms with Crippen molar-refractivity contribution in [2.75, 3.05) is 6.61 Å². The number of hydrogen-bond acceptors (Lipinski definition) is 2. The lowest BCUT2D eigenvalue weighted by Crippen LogP contribution is -1.87. The molecule has 0 bridgehead atoms. The van der Waals surface area contributed by atoms with Crippen LogP contribution in [-0.4, -0.2) is 6.61 Å². The molecule has 0 saturated heterocycles. The Balaban J connectivity index is 2.36. The van der Waals surface area contributed by atoms with Crippen LogP contribution in [0.4, 0.5) is 0 Å². The molecule has 0 amide bonds. The van der Waals surface area contributed by atoms with Gasteiger partial charge < -0.3 is 4.74 Å². The number of fused-ring (bicyclic) bond motifs is 1. The zero-order valence-electron chi connectivity index (χ0n) is 7.92. The number of benzene rings is 1. The van der Waals surface area contributed by atoms with Gasteiger partial charge in [0.05, 0.1) is 6.61 Å². The normalized spacial score (nSPS) is 11.0. The first-order valence-corrected chi connectivity index (χ1v) is 6.17. The summed E-state index contributed by atoms with van der Waals surface area (Å²) in [5.74, 6) is 0. The van der Waals surface area contributed by atoms with Gasteiger partial charge in [-0.3, -0.25) is 0 Å². The van der Waals surface area contributed by atoms with Crippen molar-refractivity contribution in [1.82, 2.24) is 0 Å². The minimum Gasteiger partial charge on any atom is -0.376 e. The van der Waals surface area contributed by atoms with Gasteiger partial charge in [-0.1, -0.05) is 22.0 Å². The second-order valence-corrected chi connectivity index (χ2v) is 5.02. The molecule has 0 aliphatic carbocycles. The van der Waals surface area contributed by atoms with Crippen LogP contribution in [0.25, 0.3) is 10.1 Å². The van der Waals surface area contributed by atoms with Gasteiger partial charge in [0.1, 0.15) is 0 Å². The zero-order chi connectivity index (χ0) is 9.97. The van der Waals surface area contributed by atoms with Gasteiger partial charge in [0.15, 0.2) is 0 Å². The molecule has 0 N–H and O–H groups in total. The van der Waals surface area contributed by atoms with E-state index in [0.29, 0.717) is 0 Å². The van der Waals surface area contributed by atoms with E-state index >= 15 is 0 Å².